The molecular formula is C22H26N2O3. The number of benzene rings is 2. The van der Waals surface area contributed by atoms with E-state index in [0.717, 1.165) is 42.8 Å². The fourth-order valence-corrected chi connectivity index (χ4v) is 4.35. The van der Waals surface area contributed by atoms with Gasteiger partial charge in [-0.25, -0.2) is 0 Å². The fraction of sp³-hybridized carbons (Fsp3) is 0.409. The normalized spacial score (nSPS) is 27.0. The molecule has 5 nitrogen and oxygen atoms in total. The standard InChI is InChI=1S/C22H26N2O3/c1-27-19-7-3-5-15(9-19)14-4-2-6-16(8-14)22(26)24-20-10-17-12-23-13-18(17)11-21(20)25/h2-9,17-18,20-21,23,25H,10-13H2,1H3,(H,24,26)/t17-,18+,20-,21-/m0/s1. The molecule has 1 heterocycles. The molecule has 3 N–H and O–H groups in total. The van der Waals surface area contributed by atoms with Crippen molar-refractivity contribution < 1.29 is 14.6 Å². The number of hydrogen-bond acceptors (Lipinski definition) is 4. The molecule has 1 amide bonds. The monoisotopic (exact) mass is 366 g/mol. The molecule has 0 spiro atoms. The zero-order chi connectivity index (χ0) is 18.8. The Kier molecular flexibility index (Phi) is 5.14. The Labute approximate surface area is 159 Å². The molecule has 4 atom stereocenters. The molecule has 2 aromatic rings. The zero-order valence-electron chi connectivity index (χ0n) is 15.5. The number of methoxy groups -OCH3 is 1. The molecule has 2 aliphatic rings. The van der Waals surface area contributed by atoms with E-state index in [9.17, 15) is 9.90 Å². The van der Waals surface area contributed by atoms with Gasteiger partial charge in [-0.15, -0.1) is 0 Å². The number of aliphatic hydroxyl groups excluding tert-OH is 1. The molecule has 0 bridgehead atoms. The molecule has 5 heteroatoms. The molecule has 2 aromatic carbocycles. The first-order chi connectivity index (χ1) is 13.1. The van der Waals surface area contributed by atoms with Crippen LogP contribution in [0, 0.1) is 11.8 Å². The predicted octanol–water partition coefficient (Wildman–Crippen LogP) is 2.45. The molecule has 4 rings (SSSR count). The van der Waals surface area contributed by atoms with Crippen LogP contribution in [0.15, 0.2) is 48.5 Å². The average Bonchev–Trinajstić information content (AvgIpc) is 3.15. The highest BCUT2D eigenvalue weighted by atomic mass is 16.5. The molecule has 0 unspecified atom stereocenters. The van der Waals surface area contributed by atoms with Crippen LogP contribution in [0.1, 0.15) is 23.2 Å². The van der Waals surface area contributed by atoms with Gasteiger partial charge in [-0.05, 0) is 73.2 Å². The van der Waals surface area contributed by atoms with Crippen molar-refractivity contribution in [2.24, 2.45) is 11.8 Å². The lowest BCUT2D eigenvalue weighted by Gasteiger charge is -2.35. The van der Waals surface area contributed by atoms with Gasteiger partial charge in [-0.1, -0.05) is 24.3 Å². The number of ether oxygens (including phenoxy) is 1. The van der Waals surface area contributed by atoms with Gasteiger partial charge in [-0.3, -0.25) is 4.79 Å². The van der Waals surface area contributed by atoms with Crippen molar-refractivity contribution in [1.82, 2.24) is 10.6 Å². The maximum absolute atomic E-state index is 12.8. The molecule has 0 aromatic heterocycles. The SMILES string of the molecule is COc1cccc(-c2cccc(C(=O)N[C@H]3C[C@H]4CNC[C@H]4C[C@@H]3O)c2)c1. The maximum atomic E-state index is 12.8. The largest absolute Gasteiger partial charge is 0.497 e. The second-order valence-corrected chi connectivity index (χ2v) is 7.61. The quantitative estimate of drug-likeness (QED) is 0.777. The maximum Gasteiger partial charge on any atom is 0.251 e. The van der Waals surface area contributed by atoms with Crippen LogP contribution in [0.2, 0.25) is 0 Å². The fourth-order valence-electron chi connectivity index (χ4n) is 4.35. The Balaban J connectivity index is 1.49. The van der Waals surface area contributed by atoms with E-state index in [0.29, 0.717) is 17.4 Å². The second kappa shape index (κ2) is 7.71. The van der Waals surface area contributed by atoms with Gasteiger partial charge < -0.3 is 20.5 Å². The van der Waals surface area contributed by atoms with Crippen molar-refractivity contribution in [2.75, 3.05) is 20.2 Å². The van der Waals surface area contributed by atoms with Gasteiger partial charge in [0, 0.05) is 5.56 Å². The number of carbonyl (C=O) groups is 1. The molecule has 27 heavy (non-hydrogen) atoms. The summed E-state index contributed by atoms with van der Waals surface area (Å²) in [6, 6.07) is 15.2. The first kappa shape index (κ1) is 18.0. The number of carbonyl (C=O) groups excluding carboxylic acids is 1. The van der Waals surface area contributed by atoms with Gasteiger partial charge in [0.15, 0.2) is 0 Å². The Morgan fingerprint density at radius 2 is 1.78 bits per heavy atom. The van der Waals surface area contributed by atoms with Gasteiger partial charge in [0.05, 0.1) is 19.3 Å². The van der Waals surface area contributed by atoms with Gasteiger partial charge in [-0.2, -0.15) is 0 Å². The molecule has 1 saturated carbocycles. The minimum Gasteiger partial charge on any atom is -0.497 e. The second-order valence-electron chi connectivity index (χ2n) is 7.61. The third kappa shape index (κ3) is 3.84. The lowest BCUT2D eigenvalue weighted by Crippen LogP contribution is -2.49. The summed E-state index contributed by atoms with van der Waals surface area (Å²) in [5, 5.41) is 16.9. The summed E-state index contributed by atoms with van der Waals surface area (Å²) in [6.45, 7) is 1.96. The van der Waals surface area contributed by atoms with Crippen LogP contribution in [-0.2, 0) is 0 Å². The number of amides is 1. The molecule has 142 valence electrons. The number of fused-ring (bicyclic) bond motifs is 1. The zero-order valence-corrected chi connectivity index (χ0v) is 15.5. The molecule has 1 aliphatic heterocycles. The van der Waals surface area contributed by atoms with Gasteiger partial charge in [0.25, 0.3) is 5.91 Å². The van der Waals surface area contributed by atoms with Crippen LogP contribution in [0.4, 0.5) is 0 Å². The van der Waals surface area contributed by atoms with Crippen LogP contribution in [-0.4, -0.2) is 43.4 Å². The summed E-state index contributed by atoms with van der Waals surface area (Å²) in [7, 11) is 1.64. The first-order valence-corrected chi connectivity index (χ1v) is 9.58. The van der Waals surface area contributed by atoms with Crippen molar-refractivity contribution in [3.05, 3.63) is 54.1 Å². The Hall–Kier alpha value is -2.37. The average molecular weight is 366 g/mol. The van der Waals surface area contributed by atoms with E-state index < -0.39 is 6.10 Å². The summed E-state index contributed by atoms with van der Waals surface area (Å²) in [5.41, 5.74) is 2.57. The highest BCUT2D eigenvalue weighted by molar-refractivity contribution is 5.95. The van der Waals surface area contributed by atoms with Crippen molar-refractivity contribution in [1.29, 1.82) is 0 Å². The summed E-state index contributed by atoms with van der Waals surface area (Å²) < 4.78 is 5.29. The Morgan fingerprint density at radius 3 is 2.56 bits per heavy atom. The minimum absolute atomic E-state index is 0.131. The van der Waals surface area contributed by atoms with Crippen molar-refractivity contribution in [3.63, 3.8) is 0 Å². The van der Waals surface area contributed by atoms with Gasteiger partial charge in [0.2, 0.25) is 0 Å². The van der Waals surface area contributed by atoms with Gasteiger partial charge in [0.1, 0.15) is 5.75 Å². The van der Waals surface area contributed by atoms with Crippen LogP contribution >= 0.6 is 0 Å². The smallest absolute Gasteiger partial charge is 0.251 e. The number of nitrogens with one attached hydrogen (secondary N) is 2. The van der Waals surface area contributed by atoms with Crippen molar-refractivity contribution >= 4 is 5.91 Å². The third-order valence-corrected chi connectivity index (χ3v) is 5.89. The lowest BCUT2D eigenvalue weighted by molar-refractivity contribution is 0.0462. The van der Waals surface area contributed by atoms with Crippen molar-refractivity contribution in [3.8, 4) is 16.9 Å². The van der Waals surface area contributed by atoms with Crippen LogP contribution < -0.4 is 15.4 Å². The molecule has 1 aliphatic carbocycles. The topological polar surface area (TPSA) is 70.6 Å². The van der Waals surface area contributed by atoms with E-state index in [-0.39, 0.29) is 11.9 Å². The van der Waals surface area contributed by atoms with E-state index in [1.54, 1.807) is 7.11 Å². The number of aliphatic hydroxyl groups is 1. The summed E-state index contributed by atoms with van der Waals surface area (Å²) in [4.78, 5) is 12.8. The molecule has 0 radical (unpaired) electrons. The van der Waals surface area contributed by atoms with Gasteiger partial charge >= 0.3 is 0 Å². The van der Waals surface area contributed by atoms with Crippen LogP contribution in [0.25, 0.3) is 11.1 Å². The molecular weight excluding hydrogens is 340 g/mol. The van der Waals surface area contributed by atoms with Crippen molar-refractivity contribution in [2.45, 2.75) is 25.0 Å². The van der Waals surface area contributed by atoms with E-state index in [1.807, 2.05) is 48.5 Å². The minimum atomic E-state index is -0.475. The van der Waals surface area contributed by atoms with Crippen LogP contribution in [0.3, 0.4) is 0 Å². The Morgan fingerprint density at radius 1 is 1.07 bits per heavy atom. The van der Waals surface area contributed by atoms with E-state index in [4.69, 9.17) is 4.74 Å². The lowest BCUT2D eigenvalue weighted by atomic mass is 9.77. The van der Waals surface area contributed by atoms with E-state index >= 15 is 0 Å². The summed E-state index contributed by atoms with van der Waals surface area (Å²) in [5.74, 6) is 1.73. The van der Waals surface area contributed by atoms with E-state index in [1.165, 1.54) is 0 Å². The molecule has 2 fully saturated rings. The third-order valence-electron chi connectivity index (χ3n) is 5.89. The molecule has 1 saturated heterocycles. The highest BCUT2D eigenvalue weighted by Gasteiger charge is 2.39. The number of rotatable bonds is 4. The highest BCUT2D eigenvalue weighted by Crippen LogP contribution is 2.33. The van der Waals surface area contributed by atoms with E-state index in [2.05, 4.69) is 10.6 Å². The summed E-state index contributed by atoms with van der Waals surface area (Å²) >= 11 is 0. The number of hydrogen-bond donors (Lipinski definition) is 3. The predicted molar refractivity (Wildman–Crippen MR) is 105 cm³/mol. The Bertz CT molecular complexity index is 823. The first-order valence-electron chi connectivity index (χ1n) is 9.58. The van der Waals surface area contributed by atoms with Crippen LogP contribution in [0.5, 0.6) is 5.75 Å². The summed E-state index contributed by atoms with van der Waals surface area (Å²) in [6.07, 6.45) is 1.11.